The molecular weight excluding hydrogens is 385 g/mol. The molecule has 0 radical (unpaired) electrons. The van der Waals surface area contributed by atoms with E-state index in [2.05, 4.69) is 10.1 Å². The van der Waals surface area contributed by atoms with E-state index in [-0.39, 0.29) is 23.3 Å². The van der Waals surface area contributed by atoms with E-state index >= 15 is 0 Å². The second-order valence-corrected chi connectivity index (χ2v) is 8.68. The van der Waals surface area contributed by atoms with Crippen LogP contribution in [0.25, 0.3) is 0 Å². The molecule has 0 spiro atoms. The van der Waals surface area contributed by atoms with Gasteiger partial charge < -0.3 is 10.1 Å². The van der Waals surface area contributed by atoms with Crippen molar-refractivity contribution in [2.24, 2.45) is 5.92 Å². The number of hydrogen-bond acceptors (Lipinski definition) is 4. The van der Waals surface area contributed by atoms with Crippen LogP contribution in [0.3, 0.4) is 0 Å². The molecule has 0 saturated carbocycles. The number of benzene rings is 1. The Bertz CT molecular complexity index is 742. The molecule has 0 aliphatic carbocycles. The van der Waals surface area contributed by atoms with E-state index in [4.69, 9.17) is 0 Å². The average molecular weight is 408 g/mol. The average Bonchev–Trinajstić information content (AvgIpc) is 2.61. The number of ether oxygens (including phenoxy) is 1. The molecule has 1 aromatic carbocycles. The second-order valence-electron chi connectivity index (χ2n) is 6.42. The molecule has 6 nitrogen and oxygen atoms in total. The first kappa shape index (κ1) is 21.5. The Morgan fingerprint density at radius 1 is 1.26 bits per heavy atom. The van der Waals surface area contributed by atoms with Crippen LogP contribution in [-0.4, -0.2) is 43.8 Å². The van der Waals surface area contributed by atoms with Crippen LogP contribution < -0.4 is 10.1 Å². The lowest BCUT2D eigenvalue weighted by Crippen LogP contribution is -2.43. The molecule has 1 saturated heterocycles. The van der Waals surface area contributed by atoms with E-state index in [1.54, 1.807) is 13.8 Å². The number of amides is 1. The molecule has 1 amide bonds. The highest BCUT2D eigenvalue weighted by molar-refractivity contribution is 7.89. The van der Waals surface area contributed by atoms with Crippen molar-refractivity contribution in [2.45, 2.75) is 39.1 Å². The summed E-state index contributed by atoms with van der Waals surface area (Å²) >= 11 is 0. The summed E-state index contributed by atoms with van der Waals surface area (Å²) in [5, 5.41) is 2.83. The molecule has 1 fully saturated rings. The quantitative estimate of drug-likeness (QED) is 0.786. The van der Waals surface area contributed by atoms with Gasteiger partial charge in [0.2, 0.25) is 15.9 Å². The van der Waals surface area contributed by atoms with Gasteiger partial charge in [0.15, 0.2) is 0 Å². The topological polar surface area (TPSA) is 75.7 Å². The Kier molecular flexibility index (Phi) is 6.74. The number of sulfonamides is 1. The molecule has 1 aliphatic rings. The number of nitrogens with one attached hydrogen (secondary N) is 1. The predicted molar refractivity (Wildman–Crippen MR) is 93.4 cm³/mol. The molecule has 1 heterocycles. The fourth-order valence-corrected chi connectivity index (χ4v) is 4.08. The minimum absolute atomic E-state index is 0.0367. The van der Waals surface area contributed by atoms with Gasteiger partial charge in [-0.1, -0.05) is 12.1 Å². The fraction of sp³-hybridized carbons (Fsp3) is 0.588. The lowest BCUT2D eigenvalue weighted by atomic mass is 9.96. The lowest BCUT2D eigenvalue weighted by Gasteiger charge is -2.31. The number of rotatable bonds is 6. The van der Waals surface area contributed by atoms with Gasteiger partial charge in [-0.05, 0) is 44.4 Å². The van der Waals surface area contributed by atoms with Crippen molar-refractivity contribution in [3.63, 3.8) is 0 Å². The number of carbonyl (C=O) groups is 1. The highest BCUT2D eigenvalue weighted by Gasteiger charge is 2.32. The maximum Gasteiger partial charge on any atom is 0.573 e. The smallest absolute Gasteiger partial charge is 0.406 e. The standard InChI is InChI=1S/C17H23F3N2O4S/c1-3-27(24,25)22-10-8-14(9-11-22)16(23)21-12(2)13-4-6-15(7-5-13)26-17(18,19)20/h4-7,12,14H,3,8-11H2,1-2H3,(H,21,23). The van der Waals surface area contributed by atoms with E-state index < -0.39 is 22.4 Å². The van der Waals surface area contributed by atoms with E-state index in [1.807, 2.05) is 0 Å². The number of piperidine rings is 1. The monoisotopic (exact) mass is 408 g/mol. The first-order valence-corrected chi connectivity index (χ1v) is 10.3. The first-order chi connectivity index (χ1) is 12.5. The fourth-order valence-electron chi connectivity index (χ4n) is 2.95. The molecular formula is C17H23F3N2O4S. The number of alkyl halides is 3. The van der Waals surface area contributed by atoms with Gasteiger partial charge in [0.25, 0.3) is 0 Å². The van der Waals surface area contributed by atoms with Gasteiger partial charge in [0, 0.05) is 19.0 Å². The van der Waals surface area contributed by atoms with E-state index in [0.29, 0.717) is 31.5 Å². The Morgan fingerprint density at radius 2 is 1.81 bits per heavy atom. The molecule has 152 valence electrons. The Hall–Kier alpha value is -1.81. The molecule has 1 aromatic rings. The molecule has 1 aliphatic heterocycles. The summed E-state index contributed by atoms with van der Waals surface area (Å²) in [4.78, 5) is 12.4. The zero-order valence-corrected chi connectivity index (χ0v) is 15.9. The second kappa shape index (κ2) is 8.47. The molecule has 0 bridgehead atoms. The van der Waals surface area contributed by atoms with Crippen molar-refractivity contribution < 1.29 is 31.1 Å². The third-order valence-corrected chi connectivity index (χ3v) is 6.44. The molecule has 1 atom stereocenters. The van der Waals surface area contributed by atoms with Crippen molar-refractivity contribution in [3.05, 3.63) is 29.8 Å². The number of halogens is 3. The third kappa shape index (κ3) is 6.10. The Labute approximate surface area is 156 Å². The van der Waals surface area contributed by atoms with Crippen molar-refractivity contribution >= 4 is 15.9 Å². The van der Waals surface area contributed by atoms with E-state index in [9.17, 15) is 26.4 Å². The maximum absolute atomic E-state index is 12.4. The summed E-state index contributed by atoms with van der Waals surface area (Å²) in [6, 6.07) is 4.92. The SMILES string of the molecule is CCS(=O)(=O)N1CCC(C(=O)NC(C)c2ccc(OC(F)(F)F)cc2)CC1. The van der Waals surface area contributed by atoms with E-state index in [0.717, 1.165) is 0 Å². The summed E-state index contributed by atoms with van der Waals surface area (Å²) < 4.78 is 65.5. The van der Waals surface area contributed by atoms with Gasteiger partial charge in [-0.25, -0.2) is 12.7 Å². The summed E-state index contributed by atoms with van der Waals surface area (Å²) in [6.45, 7) is 3.94. The molecule has 10 heteroatoms. The number of hydrogen-bond donors (Lipinski definition) is 1. The third-order valence-electron chi connectivity index (χ3n) is 4.56. The number of carbonyl (C=O) groups excluding carboxylic acids is 1. The normalized spacial score (nSPS) is 18.1. The number of nitrogens with zero attached hydrogens (tertiary/aromatic N) is 1. The zero-order valence-electron chi connectivity index (χ0n) is 15.1. The van der Waals surface area contributed by atoms with Gasteiger partial charge in [0.05, 0.1) is 11.8 Å². The zero-order chi connectivity index (χ0) is 20.2. The summed E-state index contributed by atoms with van der Waals surface area (Å²) in [5.74, 6) is -0.765. The van der Waals surface area contributed by atoms with Crippen LogP contribution in [0.15, 0.2) is 24.3 Å². The van der Waals surface area contributed by atoms with Crippen LogP contribution in [0.2, 0.25) is 0 Å². The molecule has 1 unspecified atom stereocenters. The minimum atomic E-state index is -4.75. The highest BCUT2D eigenvalue weighted by Crippen LogP contribution is 2.25. The highest BCUT2D eigenvalue weighted by atomic mass is 32.2. The van der Waals surface area contributed by atoms with Gasteiger partial charge >= 0.3 is 6.36 Å². The van der Waals surface area contributed by atoms with Crippen LogP contribution in [-0.2, 0) is 14.8 Å². The van der Waals surface area contributed by atoms with Crippen LogP contribution in [0.1, 0.15) is 38.3 Å². The summed E-state index contributed by atoms with van der Waals surface area (Å²) in [6.07, 6.45) is -3.87. The Morgan fingerprint density at radius 3 is 2.30 bits per heavy atom. The van der Waals surface area contributed by atoms with Gasteiger partial charge in [-0.15, -0.1) is 13.2 Å². The van der Waals surface area contributed by atoms with Crippen LogP contribution in [0, 0.1) is 5.92 Å². The van der Waals surface area contributed by atoms with Gasteiger partial charge in [-0.2, -0.15) is 0 Å². The van der Waals surface area contributed by atoms with E-state index in [1.165, 1.54) is 28.6 Å². The van der Waals surface area contributed by atoms with Crippen molar-refractivity contribution in [2.75, 3.05) is 18.8 Å². The maximum atomic E-state index is 12.4. The Balaban J connectivity index is 1.89. The van der Waals surface area contributed by atoms with Gasteiger partial charge in [-0.3, -0.25) is 4.79 Å². The molecule has 0 aromatic heterocycles. The predicted octanol–water partition coefficient (Wildman–Crippen LogP) is 2.82. The summed E-state index contributed by atoms with van der Waals surface area (Å²) in [7, 11) is -3.24. The van der Waals surface area contributed by atoms with Crippen molar-refractivity contribution in [1.29, 1.82) is 0 Å². The largest absolute Gasteiger partial charge is 0.573 e. The minimum Gasteiger partial charge on any atom is -0.406 e. The first-order valence-electron chi connectivity index (χ1n) is 8.65. The van der Waals surface area contributed by atoms with Crippen LogP contribution in [0.5, 0.6) is 5.75 Å². The van der Waals surface area contributed by atoms with Gasteiger partial charge in [0.1, 0.15) is 5.75 Å². The lowest BCUT2D eigenvalue weighted by molar-refractivity contribution is -0.274. The van der Waals surface area contributed by atoms with Crippen LogP contribution >= 0.6 is 0 Å². The molecule has 2 rings (SSSR count). The summed E-state index contributed by atoms with van der Waals surface area (Å²) in [5.41, 5.74) is 0.642. The molecule has 27 heavy (non-hydrogen) atoms. The van der Waals surface area contributed by atoms with Crippen molar-refractivity contribution in [1.82, 2.24) is 9.62 Å². The van der Waals surface area contributed by atoms with Crippen LogP contribution in [0.4, 0.5) is 13.2 Å². The van der Waals surface area contributed by atoms with Crippen molar-refractivity contribution in [3.8, 4) is 5.75 Å². The molecule has 1 N–H and O–H groups in total.